The van der Waals surface area contributed by atoms with E-state index in [4.69, 9.17) is 0 Å². The SMILES string of the molecule is Cc1cccc2[nH]cc(CCNC(=O)C(=O)Nc3ccc(F)c(F)c3F)c12. The second-order valence-corrected chi connectivity index (χ2v) is 5.99. The molecule has 0 unspecified atom stereocenters. The van der Waals surface area contributed by atoms with Gasteiger partial charge in [-0.25, -0.2) is 13.2 Å². The number of hydrogen-bond acceptors (Lipinski definition) is 2. The molecule has 0 saturated carbocycles. The Balaban J connectivity index is 1.59. The van der Waals surface area contributed by atoms with Crippen LogP contribution in [-0.2, 0) is 16.0 Å². The summed E-state index contributed by atoms with van der Waals surface area (Å²) in [4.78, 5) is 26.8. The lowest BCUT2D eigenvalue weighted by Gasteiger charge is -2.08. The molecule has 140 valence electrons. The topological polar surface area (TPSA) is 74.0 Å². The van der Waals surface area contributed by atoms with Crippen molar-refractivity contribution in [2.45, 2.75) is 13.3 Å². The van der Waals surface area contributed by atoms with E-state index in [0.717, 1.165) is 28.1 Å². The van der Waals surface area contributed by atoms with Gasteiger partial charge in [-0.1, -0.05) is 12.1 Å². The van der Waals surface area contributed by atoms with Crippen LogP contribution in [0.2, 0.25) is 0 Å². The maximum atomic E-state index is 13.5. The first-order valence-corrected chi connectivity index (χ1v) is 8.16. The maximum absolute atomic E-state index is 13.5. The molecule has 0 fully saturated rings. The van der Waals surface area contributed by atoms with Gasteiger partial charge in [0.1, 0.15) is 0 Å². The van der Waals surface area contributed by atoms with Crippen LogP contribution in [0.5, 0.6) is 0 Å². The van der Waals surface area contributed by atoms with E-state index in [1.807, 2.05) is 36.6 Å². The molecule has 1 heterocycles. The molecule has 0 aliphatic heterocycles. The molecule has 0 saturated heterocycles. The fraction of sp³-hybridized carbons (Fsp3) is 0.158. The summed E-state index contributed by atoms with van der Waals surface area (Å²) in [5.41, 5.74) is 2.43. The highest BCUT2D eigenvalue weighted by molar-refractivity contribution is 6.39. The molecular weight excluding hydrogens is 359 g/mol. The van der Waals surface area contributed by atoms with Crippen LogP contribution in [0.3, 0.4) is 0 Å². The molecule has 0 aliphatic rings. The number of H-pyrrole nitrogens is 1. The van der Waals surface area contributed by atoms with Crippen LogP contribution in [0, 0.1) is 24.4 Å². The monoisotopic (exact) mass is 375 g/mol. The third kappa shape index (κ3) is 3.79. The first kappa shape index (κ1) is 18.5. The van der Waals surface area contributed by atoms with Crippen molar-refractivity contribution in [1.29, 1.82) is 0 Å². The molecule has 2 amide bonds. The highest BCUT2D eigenvalue weighted by Gasteiger charge is 2.19. The standard InChI is InChI=1S/C19H16F3N3O2/c1-10-3-2-4-13-15(10)11(9-24-13)7-8-23-18(26)19(27)25-14-6-5-12(20)16(21)17(14)22/h2-6,9,24H,7-8H2,1H3,(H,23,26)(H,25,27). The van der Waals surface area contributed by atoms with Gasteiger partial charge in [0.2, 0.25) is 0 Å². The zero-order chi connectivity index (χ0) is 19.6. The largest absolute Gasteiger partial charge is 0.361 e. The quantitative estimate of drug-likeness (QED) is 0.484. The van der Waals surface area contributed by atoms with E-state index in [-0.39, 0.29) is 6.54 Å². The smallest absolute Gasteiger partial charge is 0.313 e. The summed E-state index contributed by atoms with van der Waals surface area (Å²) in [5.74, 6) is -6.84. The normalized spacial score (nSPS) is 10.8. The minimum absolute atomic E-state index is 0.174. The Morgan fingerprint density at radius 2 is 1.81 bits per heavy atom. The van der Waals surface area contributed by atoms with Gasteiger partial charge in [0.15, 0.2) is 17.5 Å². The van der Waals surface area contributed by atoms with Crippen molar-refractivity contribution in [3.05, 3.63) is 65.1 Å². The minimum atomic E-state index is -1.72. The minimum Gasteiger partial charge on any atom is -0.361 e. The summed E-state index contributed by atoms with van der Waals surface area (Å²) in [5, 5.41) is 5.39. The van der Waals surface area contributed by atoms with Crippen molar-refractivity contribution in [1.82, 2.24) is 10.3 Å². The number of fused-ring (bicyclic) bond motifs is 1. The molecule has 2 aromatic carbocycles. The van der Waals surface area contributed by atoms with E-state index in [1.165, 1.54) is 0 Å². The molecule has 27 heavy (non-hydrogen) atoms. The van der Waals surface area contributed by atoms with Gasteiger partial charge in [-0.05, 0) is 42.7 Å². The summed E-state index contributed by atoms with van der Waals surface area (Å²) in [6, 6.07) is 7.34. The number of rotatable bonds is 4. The van der Waals surface area contributed by atoms with Gasteiger partial charge >= 0.3 is 11.8 Å². The number of carbonyl (C=O) groups excluding carboxylic acids is 2. The first-order valence-electron chi connectivity index (χ1n) is 8.16. The maximum Gasteiger partial charge on any atom is 0.313 e. The van der Waals surface area contributed by atoms with Gasteiger partial charge in [0.25, 0.3) is 0 Å². The Morgan fingerprint density at radius 3 is 2.59 bits per heavy atom. The Morgan fingerprint density at radius 1 is 1.04 bits per heavy atom. The number of hydrogen-bond donors (Lipinski definition) is 3. The first-order chi connectivity index (χ1) is 12.9. The van der Waals surface area contributed by atoms with Crippen molar-refractivity contribution in [3.63, 3.8) is 0 Å². The zero-order valence-electron chi connectivity index (χ0n) is 14.3. The summed E-state index contributed by atoms with van der Waals surface area (Å²) in [6.45, 7) is 2.15. The van der Waals surface area contributed by atoms with Crippen molar-refractivity contribution in [3.8, 4) is 0 Å². The Kier molecular flexibility index (Phi) is 5.16. The highest BCUT2D eigenvalue weighted by Crippen LogP contribution is 2.22. The van der Waals surface area contributed by atoms with Crippen molar-refractivity contribution in [2.75, 3.05) is 11.9 Å². The third-order valence-electron chi connectivity index (χ3n) is 4.17. The number of amides is 2. The molecule has 5 nitrogen and oxygen atoms in total. The molecule has 3 aromatic rings. The summed E-state index contributed by atoms with van der Waals surface area (Å²) in [7, 11) is 0. The zero-order valence-corrected chi connectivity index (χ0v) is 14.3. The molecule has 0 spiro atoms. The van der Waals surface area contributed by atoms with Gasteiger partial charge in [0, 0.05) is 23.6 Å². The lowest BCUT2D eigenvalue weighted by atomic mass is 10.1. The summed E-state index contributed by atoms with van der Waals surface area (Å²) < 4.78 is 39.6. The van der Waals surface area contributed by atoms with Gasteiger partial charge in [-0.15, -0.1) is 0 Å². The molecule has 0 atom stereocenters. The lowest BCUT2D eigenvalue weighted by Crippen LogP contribution is -2.36. The van der Waals surface area contributed by atoms with Crippen LogP contribution in [0.25, 0.3) is 10.9 Å². The van der Waals surface area contributed by atoms with Crippen LogP contribution in [0.4, 0.5) is 18.9 Å². The van der Waals surface area contributed by atoms with E-state index in [1.54, 1.807) is 0 Å². The van der Waals surface area contributed by atoms with Crippen LogP contribution >= 0.6 is 0 Å². The average Bonchev–Trinajstić information content (AvgIpc) is 3.06. The van der Waals surface area contributed by atoms with Crippen molar-refractivity contribution in [2.24, 2.45) is 0 Å². The van der Waals surface area contributed by atoms with E-state index in [0.29, 0.717) is 12.5 Å². The van der Waals surface area contributed by atoms with E-state index < -0.39 is 35.0 Å². The number of anilines is 1. The van der Waals surface area contributed by atoms with Gasteiger partial charge in [-0.2, -0.15) is 0 Å². The van der Waals surface area contributed by atoms with Crippen LogP contribution in [0.1, 0.15) is 11.1 Å². The van der Waals surface area contributed by atoms with E-state index >= 15 is 0 Å². The predicted octanol–water partition coefficient (Wildman–Crippen LogP) is 3.19. The van der Waals surface area contributed by atoms with Gasteiger partial charge < -0.3 is 15.6 Å². The molecule has 1 aromatic heterocycles. The Labute approximate surface area is 152 Å². The Hall–Kier alpha value is -3.29. The van der Waals surface area contributed by atoms with Crippen molar-refractivity contribution < 1.29 is 22.8 Å². The van der Waals surface area contributed by atoms with Crippen LogP contribution in [-0.4, -0.2) is 23.3 Å². The molecule has 8 heteroatoms. The van der Waals surface area contributed by atoms with Crippen LogP contribution < -0.4 is 10.6 Å². The van der Waals surface area contributed by atoms with Gasteiger partial charge in [-0.3, -0.25) is 9.59 Å². The number of aryl methyl sites for hydroxylation is 1. The fourth-order valence-electron chi connectivity index (χ4n) is 2.84. The molecule has 0 aliphatic carbocycles. The van der Waals surface area contributed by atoms with Crippen molar-refractivity contribution >= 4 is 28.4 Å². The molecule has 3 N–H and O–H groups in total. The number of carbonyl (C=O) groups is 2. The molecule has 3 rings (SSSR count). The number of nitrogens with one attached hydrogen (secondary N) is 3. The second-order valence-electron chi connectivity index (χ2n) is 5.99. The summed E-state index contributed by atoms with van der Waals surface area (Å²) in [6.07, 6.45) is 2.31. The average molecular weight is 375 g/mol. The number of aromatic nitrogens is 1. The number of benzene rings is 2. The molecular formula is C19H16F3N3O2. The fourth-order valence-corrected chi connectivity index (χ4v) is 2.84. The number of aromatic amines is 1. The van der Waals surface area contributed by atoms with E-state index in [9.17, 15) is 22.8 Å². The van der Waals surface area contributed by atoms with Crippen LogP contribution in [0.15, 0.2) is 36.5 Å². The number of halogens is 3. The highest BCUT2D eigenvalue weighted by atomic mass is 19.2. The third-order valence-corrected chi connectivity index (χ3v) is 4.17. The lowest BCUT2D eigenvalue weighted by molar-refractivity contribution is -0.136. The predicted molar refractivity (Wildman–Crippen MR) is 94.7 cm³/mol. The molecule has 0 bridgehead atoms. The molecule has 0 radical (unpaired) electrons. The Bertz CT molecular complexity index is 1030. The van der Waals surface area contributed by atoms with E-state index in [2.05, 4.69) is 10.3 Å². The summed E-state index contributed by atoms with van der Waals surface area (Å²) >= 11 is 0. The van der Waals surface area contributed by atoms with Gasteiger partial charge in [0.05, 0.1) is 5.69 Å². The second kappa shape index (κ2) is 7.53.